The fourth-order valence-corrected chi connectivity index (χ4v) is 1.72. The molecule has 2 N–H and O–H groups in total. The molecule has 1 aromatic heterocycles. The number of nitrogens with one attached hydrogen (secondary N) is 1. The van der Waals surface area contributed by atoms with Gasteiger partial charge in [0.05, 0.1) is 0 Å². The molecule has 0 spiro atoms. The number of rotatable bonds is 3. The second-order valence-corrected chi connectivity index (χ2v) is 3.71. The standard InChI is InChI=1S/C8H7IN2O4/c1-2-3-11-5(7(13)14)4(9)6(12)10-8(11)15/h2H,1,3H2,(H,13,14)(H,10,12,15). The minimum Gasteiger partial charge on any atom is -0.477 e. The molecule has 0 saturated heterocycles. The van der Waals surface area contributed by atoms with Crippen molar-refractivity contribution in [1.82, 2.24) is 9.55 Å². The SMILES string of the molecule is C=CCn1c(C(=O)O)c(I)c(=O)[nH]c1=O. The third-order valence-corrected chi connectivity index (χ3v) is 2.66. The molecular formula is C8H7IN2O4. The second-order valence-electron chi connectivity index (χ2n) is 2.63. The Morgan fingerprint density at radius 2 is 2.20 bits per heavy atom. The van der Waals surface area contributed by atoms with E-state index in [1.807, 2.05) is 4.98 Å². The topological polar surface area (TPSA) is 92.2 Å². The smallest absolute Gasteiger partial charge is 0.354 e. The highest BCUT2D eigenvalue weighted by Gasteiger charge is 2.17. The average Bonchev–Trinajstić information content (AvgIpc) is 2.14. The lowest BCUT2D eigenvalue weighted by atomic mass is 10.4. The third-order valence-electron chi connectivity index (χ3n) is 1.66. The number of carboxylic acid groups (broad SMARTS) is 1. The van der Waals surface area contributed by atoms with Gasteiger partial charge in [-0.15, -0.1) is 6.58 Å². The molecule has 0 radical (unpaired) electrons. The maximum atomic E-state index is 11.3. The molecule has 1 heterocycles. The monoisotopic (exact) mass is 322 g/mol. The summed E-state index contributed by atoms with van der Waals surface area (Å²) < 4.78 is 0.917. The van der Waals surface area contributed by atoms with Crippen LogP contribution in [0.2, 0.25) is 0 Å². The molecule has 15 heavy (non-hydrogen) atoms. The van der Waals surface area contributed by atoms with Gasteiger partial charge in [0.2, 0.25) is 0 Å². The van der Waals surface area contributed by atoms with Crippen LogP contribution in [0.5, 0.6) is 0 Å². The lowest BCUT2D eigenvalue weighted by molar-refractivity contribution is 0.0682. The molecule has 0 unspecified atom stereocenters. The Morgan fingerprint density at radius 3 is 2.67 bits per heavy atom. The summed E-state index contributed by atoms with van der Waals surface area (Å²) in [5.41, 5.74) is -1.76. The molecular weight excluding hydrogens is 315 g/mol. The molecule has 0 aliphatic heterocycles. The predicted molar refractivity (Wildman–Crippen MR) is 61.2 cm³/mol. The van der Waals surface area contributed by atoms with E-state index in [1.165, 1.54) is 6.08 Å². The maximum Gasteiger partial charge on any atom is 0.354 e. The van der Waals surface area contributed by atoms with Gasteiger partial charge in [0, 0.05) is 6.54 Å². The molecule has 0 bridgehead atoms. The molecule has 80 valence electrons. The Hall–Kier alpha value is -1.38. The highest BCUT2D eigenvalue weighted by molar-refractivity contribution is 14.1. The molecule has 1 aromatic rings. The van der Waals surface area contributed by atoms with Gasteiger partial charge in [-0.25, -0.2) is 9.59 Å². The molecule has 0 fully saturated rings. The van der Waals surface area contributed by atoms with Gasteiger partial charge < -0.3 is 5.11 Å². The van der Waals surface area contributed by atoms with Crippen LogP contribution in [0, 0.1) is 3.57 Å². The first-order valence-electron chi connectivity index (χ1n) is 3.85. The normalized spacial score (nSPS) is 9.93. The van der Waals surface area contributed by atoms with Crippen molar-refractivity contribution >= 4 is 28.6 Å². The highest BCUT2D eigenvalue weighted by Crippen LogP contribution is 2.04. The fraction of sp³-hybridized carbons (Fsp3) is 0.125. The van der Waals surface area contributed by atoms with Gasteiger partial charge in [-0.3, -0.25) is 14.3 Å². The molecule has 0 saturated carbocycles. The minimum absolute atomic E-state index is 0.0263. The van der Waals surface area contributed by atoms with Crippen molar-refractivity contribution in [1.29, 1.82) is 0 Å². The number of H-pyrrole nitrogens is 1. The number of aromatic nitrogens is 2. The van der Waals surface area contributed by atoms with Gasteiger partial charge in [0.25, 0.3) is 5.56 Å². The van der Waals surface area contributed by atoms with Gasteiger partial charge in [0.1, 0.15) is 3.57 Å². The number of aromatic amines is 1. The Morgan fingerprint density at radius 1 is 1.60 bits per heavy atom. The largest absolute Gasteiger partial charge is 0.477 e. The van der Waals surface area contributed by atoms with Crippen molar-refractivity contribution in [3.05, 3.63) is 42.8 Å². The third kappa shape index (κ3) is 2.17. The van der Waals surface area contributed by atoms with E-state index in [2.05, 4.69) is 6.58 Å². The van der Waals surface area contributed by atoms with Crippen LogP contribution < -0.4 is 11.2 Å². The summed E-state index contributed by atoms with van der Waals surface area (Å²) >= 11 is 1.58. The summed E-state index contributed by atoms with van der Waals surface area (Å²) in [5, 5.41) is 8.87. The number of allylic oxidation sites excluding steroid dienone is 1. The van der Waals surface area contributed by atoms with Gasteiger partial charge in [-0.1, -0.05) is 6.08 Å². The molecule has 7 heteroatoms. The average molecular weight is 322 g/mol. The van der Waals surface area contributed by atoms with Crippen molar-refractivity contribution in [3.63, 3.8) is 0 Å². The second kappa shape index (κ2) is 4.43. The molecule has 0 atom stereocenters. The molecule has 0 aliphatic carbocycles. The molecule has 6 nitrogen and oxygen atoms in total. The predicted octanol–water partition coefficient (Wildman–Crippen LogP) is 0.0254. The Bertz CT molecular complexity index is 528. The van der Waals surface area contributed by atoms with Crippen LogP contribution in [0.4, 0.5) is 0 Å². The van der Waals surface area contributed by atoms with Crippen LogP contribution in [-0.4, -0.2) is 20.6 Å². The lowest BCUT2D eigenvalue weighted by Crippen LogP contribution is -2.36. The van der Waals surface area contributed by atoms with E-state index in [-0.39, 0.29) is 15.8 Å². The van der Waals surface area contributed by atoms with E-state index in [1.54, 1.807) is 22.6 Å². The number of halogens is 1. The van der Waals surface area contributed by atoms with Gasteiger partial charge in [-0.2, -0.15) is 0 Å². The van der Waals surface area contributed by atoms with Crippen LogP contribution >= 0.6 is 22.6 Å². The van der Waals surface area contributed by atoms with Gasteiger partial charge in [-0.05, 0) is 22.6 Å². The van der Waals surface area contributed by atoms with E-state index < -0.39 is 17.2 Å². The number of hydrogen-bond acceptors (Lipinski definition) is 3. The molecule has 1 rings (SSSR count). The number of carboxylic acids is 1. The first-order chi connectivity index (χ1) is 6.99. The quantitative estimate of drug-likeness (QED) is 0.606. The first kappa shape index (κ1) is 11.7. The first-order valence-corrected chi connectivity index (χ1v) is 4.93. The Labute approximate surface area is 97.4 Å². The maximum absolute atomic E-state index is 11.3. The zero-order valence-electron chi connectivity index (χ0n) is 7.49. The van der Waals surface area contributed by atoms with Gasteiger partial charge in [0.15, 0.2) is 5.69 Å². The highest BCUT2D eigenvalue weighted by atomic mass is 127. The lowest BCUT2D eigenvalue weighted by Gasteiger charge is -2.07. The molecule has 0 amide bonds. The summed E-state index contributed by atoms with van der Waals surface area (Å²) in [5.74, 6) is -1.32. The Balaban J connectivity index is 3.69. The van der Waals surface area contributed by atoms with E-state index in [4.69, 9.17) is 5.11 Å². The number of aromatic carboxylic acids is 1. The van der Waals surface area contributed by atoms with Crippen LogP contribution in [0.15, 0.2) is 22.2 Å². The number of nitrogens with zero attached hydrogens (tertiary/aromatic N) is 1. The van der Waals surface area contributed by atoms with Crippen molar-refractivity contribution in [2.24, 2.45) is 0 Å². The van der Waals surface area contributed by atoms with Crippen LogP contribution in [0.25, 0.3) is 0 Å². The van der Waals surface area contributed by atoms with Crippen LogP contribution in [0.3, 0.4) is 0 Å². The number of carbonyl (C=O) groups is 1. The molecule has 0 aromatic carbocycles. The zero-order chi connectivity index (χ0) is 11.6. The van der Waals surface area contributed by atoms with Crippen LogP contribution in [-0.2, 0) is 6.54 Å². The summed E-state index contributed by atoms with van der Waals surface area (Å²) in [6.45, 7) is 3.44. The summed E-state index contributed by atoms with van der Waals surface area (Å²) in [6, 6.07) is 0. The Kier molecular flexibility index (Phi) is 3.45. The zero-order valence-corrected chi connectivity index (χ0v) is 9.65. The number of hydrogen-bond donors (Lipinski definition) is 2. The van der Waals surface area contributed by atoms with Crippen molar-refractivity contribution in [3.8, 4) is 0 Å². The van der Waals surface area contributed by atoms with E-state index in [0.717, 1.165) is 4.57 Å². The summed E-state index contributed by atoms with van der Waals surface area (Å²) in [7, 11) is 0. The van der Waals surface area contributed by atoms with Crippen molar-refractivity contribution < 1.29 is 9.90 Å². The van der Waals surface area contributed by atoms with Crippen molar-refractivity contribution in [2.45, 2.75) is 6.54 Å². The van der Waals surface area contributed by atoms with E-state index >= 15 is 0 Å². The fourth-order valence-electron chi connectivity index (χ4n) is 1.06. The summed E-state index contributed by atoms with van der Waals surface area (Å²) in [6.07, 6.45) is 1.38. The van der Waals surface area contributed by atoms with E-state index in [9.17, 15) is 14.4 Å². The van der Waals surface area contributed by atoms with E-state index in [0.29, 0.717) is 0 Å². The molecule has 0 aliphatic rings. The van der Waals surface area contributed by atoms with Crippen molar-refractivity contribution in [2.75, 3.05) is 0 Å². The summed E-state index contributed by atoms with van der Waals surface area (Å²) in [4.78, 5) is 35.3. The van der Waals surface area contributed by atoms with Crippen LogP contribution in [0.1, 0.15) is 10.5 Å². The van der Waals surface area contributed by atoms with Gasteiger partial charge >= 0.3 is 11.7 Å². The minimum atomic E-state index is -1.32.